The molecule has 1 fully saturated rings. The molecule has 0 aliphatic heterocycles. The highest BCUT2D eigenvalue weighted by Gasteiger charge is 2.24. The summed E-state index contributed by atoms with van der Waals surface area (Å²) >= 11 is 0. The number of rotatable bonds is 4. The molecule has 1 aliphatic rings. The molecule has 104 valence electrons. The number of carbonyl (C=O) groups is 1. The normalized spacial score (nSPS) is 23.1. The fraction of sp³-hybridized carbons (Fsp3) is 0.533. The molecule has 1 aromatic carbocycles. The molecule has 0 bridgehead atoms. The lowest BCUT2D eigenvalue weighted by molar-refractivity contribution is 0.1000. The first-order valence-electron chi connectivity index (χ1n) is 6.99. The van der Waals surface area contributed by atoms with Gasteiger partial charge in [-0.3, -0.25) is 4.79 Å². The highest BCUT2D eigenvalue weighted by atomic mass is 16.1. The SMILES string of the molecule is Cc1cc(C(N)=O)ccc1NC1CCCCC1CN. The van der Waals surface area contributed by atoms with Crippen molar-refractivity contribution in [2.24, 2.45) is 17.4 Å². The van der Waals surface area contributed by atoms with Crippen molar-refractivity contribution >= 4 is 11.6 Å². The van der Waals surface area contributed by atoms with Gasteiger partial charge in [0, 0.05) is 17.3 Å². The van der Waals surface area contributed by atoms with Crippen LogP contribution in [0.4, 0.5) is 5.69 Å². The lowest BCUT2D eigenvalue weighted by atomic mass is 9.84. The van der Waals surface area contributed by atoms with Crippen molar-refractivity contribution in [1.29, 1.82) is 0 Å². The minimum Gasteiger partial charge on any atom is -0.382 e. The smallest absolute Gasteiger partial charge is 0.248 e. The fourth-order valence-electron chi connectivity index (χ4n) is 2.86. The Kier molecular flexibility index (Phi) is 4.43. The van der Waals surface area contributed by atoms with E-state index in [2.05, 4.69) is 5.32 Å². The van der Waals surface area contributed by atoms with Gasteiger partial charge in [-0.25, -0.2) is 0 Å². The Balaban J connectivity index is 2.11. The van der Waals surface area contributed by atoms with Crippen molar-refractivity contribution in [2.75, 3.05) is 11.9 Å². The average molecular weight is 261 g/mol. The highest BCUT2D eigenvalue weighted by molar-refractivity contribution is 5.93. The molecular weight excluding hydrogens is 238 g/mol. The van der Waals surface area contributed by atoms with Crippen LogP contribution >= 0.6 is 0 Å². The predicted octanol–water partition coefficient (Wildman–Crippen LogP) is 2.02. The van der Waals surface area contributed by atoms with Gasteiger partial charge in [-0.15, -0.1) is 0 Å². The van der Waals surface area contributed by atoms with Gasteiger partial charge in [0.1, 0.15) is 0 Å². The van der Waals surface area contributed by atoms with Crippen LogP contribution in [0.2, 0.25) is 0 Å². The maximum atomic E-state index is 11.1. The number of primary amides is 1. The second-order valence-electron chi connectivity index (χ2n) is 5.43. The van der Waals surface area contributed by atoms with Crippen molar-refractivity contribution in [3.05, 3.63) is 29.3 Å². The zero-order chi connectivity index (χ0) is 13.8. The molecule has 1 saturated carbocycles. The van der Waals surface area contributed by atoms with Crippen LogP contribution in [0.25, 0.3) is 0 Å². The Morgan fingerprint density at radius 1 is 1.37 bits per heavy atom. The molecule has 1 aromatic rings. The average Bonchev–Trinajstić information content (AvgIpc) is 2.41. The van der Waals surface area contributed by atoms with Gasteiger partial charge in [0.25, 0.3) is 0 Å². The lowest BCUT2D eigenvalue weighted by Crippen LogP contribution is -2.36. The highest BCUT2D eigenvalue weighted by Crippen LogP contribution is 2.28. The van der Waals surface area contributed by atoms with Crippen molar-refractivity contribution in [3.63, 3.8) is 0 Å². The summed E-state index contributed by atoms with van der Waals surface area (Å²) in [5, 5.41) is 3.58. The first kappa shape index (κ1) is 13.9. The number of anilines is 1. The molecule has 1 aliphatic carbocycles. The molecule has 4 heteroatoms. The first-order valence-corrected chi connectivity index (χ1v) is 6.99. The molecule has 0 aromatic heterocycles. The molecule has 0 heterocycles. The lowest BCUT2D eigenvalue weighted by Gasteiger charge is -2.32. The summed E-state index contributed by atoms with van der Waals surface area (Å²) in [6.07, 6.45) is 4.90. The third kappa shape index (κ3) is 3.26. The third-order valence-electron chi connectivity index (χ3n) is 4.06. The van der Waals surface area contributed by atoms with Gasteiger partial charge in [-0.2, -0.15) is 0 Å². The maximum Gasteiger partial charge on any atom is 0.248 e. The minimum absolute atomic E-state index is 0.382. The molecule has 19 heavy (non-hydrogen) atoms. The van der Waals surface area contributed by atoms with E-state index in [1.807, 2.05) is 19.1 Å². The summed E-state index contributed by atoms with van der Waals surface area (Å²) in [7, 11) is 0. The van der Waals surface area contributed by atoms with Crippen molar-refractivity contribution in [3.8, 4) is 0 Å². The second-order valence-corrected chi connectivity index (χ2v) is 5.43. The van der Waals surface area contributed by atoms with Gasteiger partial charge in [-0.1, -0.05) is 12.8 Å². The van der Waals surface area contributed by atoms with E-state index in [4.69, 9.17) is 11.5 Å². The van der Waals surface area contributed by atoms with E-state index in [0.29, 0.717) is 17.5 Å². The Labute approximate surface area is 114 Å². The van der Waals surface area contributed by atoms with Gasteiger partial charge in [0.2, 0.25) is 5.91 Å². The van der Waals surface area contributed by atoms with Gasteiger partial charge in [-0.05, 0) is 56.0 Å². The van der Waals surface area contributed by atoms with Gasteiger partial charge >= 0.3 is 0 Å². The quantitative estimate of drug-likeness (QED) is 0.775. The Morgan fingerprint density at radius 2 is 2.11 bits per heavy atom. The summed E-state index contributed by atoms with van der Waals surface area (Å²) in [5.74, 6) is 0.163. The third-order valence-corrected chi connectivity index (χ3v) is 4.06. The van der Waals surface area contributed by atoms with Crippen LogP contribution in [-0.2, 0) is 0 Å². The molecule has 2 rings (SSSR count). The molecule has 2 unspecified atom stereocenters. The largest absolute Gasteiger partial charge is 0.382 e. The van der Waals surface area contributed by atoms with Crippen LogP contribution in [0.5, 0.6) is 0 Å². The number of carbonyl (C=O) groups excluding carboxylic acids is 1. The zero-order valence-corrected chi connectivity index (χ0v) is 11.5. The van der Waals surface area contributed by atoms with Crippen molar-refractivity contribution in [1.82, 2.24) is 0 Å². The summed E-state index contributed by atoms with van der Waals surface area (Å²) < 4.78 is 0. The summed E-state index contributed by atoms with van der Waals surface area (Å²) in [4.78, 5) is 11.1. The number of nitrogens with one attached hydrogen (secondary N) is 1. The molecule has 4 nitrogen and oxygen atoms in total. The van der Waals surface area contributed by atoms with E-state index in [-0.39, 0.29) is 5.91 Å². The first-order chi connectivity index (χ1) is 9.11. The number of nitrogens with two attached hydrogens (primary N) is 2. The summed E-state index contributed by atoms with van der Waals surface area (Å²) in [6, 6.07) is 6.00. The molecule has 0 saturated heterocycles. The van der Waals surface area contributed by atoms with Crippen molar-refractivity contribution in [2.45, 2.75) is 38.6 Å². The van der Waals surface area contributed by atoms with Crippen molar-refractivity contribution < 1.29 is 4.79 Å². The van der Waals surface area contributed by atoms with Gasteiger partial charge in [0.05, 0.1) is 0 Å². The van der Waals surface area contributed by atoms with Crippen LogP contribution < -0.4 is 16.8 Å². The van der Waals surface area contributed by atoms with Crippen LogP contribution in [0.1, 0.15) is 41.6 Å². The second kappa shape index (κ2) is 6.06. The Hall–Kier alpha value is -1.55. The molecular formula is C15H23N3O. The fourth-order valence-corrected chi connectivity index (χ4v) is 2.86. The Morgan fingerprint density at radius 3 is 2.74 bits per heavy atom. The number of benzene rings is 1. The Bertz CT molecular complexity index is 459. The molecule has 1 amide bonds. The van der Waals surface area contributed by atoms with E-state index >= 15 is 0 Å². The minimum atomic E-state index is -0.382. The van der Waals surface area contributed by atoms with E-state index in [1.165, 1.54) is 25.7 Å². The van der Waals surface area contributed by atoms with Gasteiger partial charge in [0.15, 0.2) is 0 Å². The van der Waals surface area contributed by atoms with Gasteiger partial charge < -0.3 is 16.8 Å². The predicted molar refractivity (Wildman–Crippen MR) is 78.1 cm³/mol. The molecule has 5 N–H and O–H groups in total. The van der Waals surface area contributed by atoms with Crippen LogP contribution in [0.3, 0.4) is 0 Å². The standard InChI is InChI=1S/C15H23N3O/c1-10-8-11(15(17)19)6-7-13(10)18-14-5-3-2-4-12(14)9-16/h6-8,12,14,18H,2-5,9,16H2,1H3,(H2,17,19). The zero-order valence-electron chi connectivity index (χ0n) is 11.5. The molecule has 0 spiro atoms. The number of hydrogen-bond donors (Lipinski definition) is 3. The van der Waals surface area contributed by atoms with E-state index in [9.17, 15) is 4.79 Å². The molecule has 0 radical (unpaired) electrons. The summed E-state index contributed by atoms with van der Waals surface area (Å²) in [6.45, 7) is 2.73. The van der Waals surface area contributed by atoms with Crippen LogP contribution in [-0.4, -0.2) is 18.5 Å². The number of hydrogen-bond acceptors (Lipinski definition) is 3. The van der Waals surface area contributed by atoms with E-state index in [0.717, 1.165) is 17.8 Å². The topological polar surface area (TPSA) is 81.1 Å². The van der Waals surface area contributed by atoms with E-state index < -0.39 is 0 Å². The maximum absolute atomic E-state index is 11.1. The monoisotopic (exact) mass is 261 g/mol. The van der Waals surface area contributed by atoms with Crippen LogP contribution in [0.15, 0.2) is 18.2 Å². The van der Waals surface area contributed by atoms with E-state index in [1.54, 1.807) is 6.07 Å². The number of aryl methyl sites for hydroxylation is 1. The summed E-state index contributed by atoms with van der Waals surface area (Å²) in [5.41, 5.74) is 13.8. The molecule has 2 atom stereocenters. The van der Waals surface area contributed by atoms with Crippen LogP contribution in [0, 0.1) is 12.8 Å². The number of amides is 1.